The molecule has 0 radical (unpaired) electrons. The fraction of sp³-hybridized carbons (Fsp3) is 0.684. The Hall–Kier alpha value is -2.30. The summed E-state index contributed by atoms with van der Waals surface area (Å²) in [7, 11) is -3.61. The highest BCUT2D eigenvalue weighted by Gasteiger charge is 2.51. The average Bonchev–Trinajstić information content (AvgIpc) is 3.55. The van der Waals surface area contributed by atoms with Crippen LogP contribution in [0.2, 0.25) is 5.28 Å². The van der Waals surface area contributed by atoms with E-state index in [-0.39, 0.29) is 30.6 Å². The van der Waals surface area contributed by atoms with Crippen LogP contribution in [0.4, 0.5) is 5.82 Å². The molecule has 4 rings (SSSR count). The molecule has 4 atom stereocenters. The summed E-state index contributed by atoms with van der Waals surface area (Å²) in [6, 6.07) is 0. The van der Waals surface area contributed by atoms with Crippen LogP contribution in [-0.4, -0.2) is 99.7 Å². The van der Waals surface area contributed by atoms with Crippen LogP contribution >= 0.6 is 19.2 Å². The summed E-state index contributed by atoms with van der Waals surface area (Å²) in [5, 5.41) is 30.0. The molecule has 37 heavy (non-hydrogen) atoms. The number of aromatic amines is 1. The fourth-order valence-electron chi connectivity index (χ4n) is 3.97. The summed E-state index contributed by atoms with van der Waals surface area (Å²) in [5.41, 5.74) is 0.359. The predicted molar refractivity (Wildman–Crippen MR) is 129 cm³/mol. The van der Waals surface area contributed by atoms with Gasteiger partial charge in [0.05, 0.1) is 37.3 Å². The molecule has 0 aromatic carbocycles. The van der Waals surface area contributed by atoms with Gasteiger partial charge in [0, 0.05) is 20.1 Å². The molecule has 0 saturated carbocycles. The minimum atomic E-state index is -4.90. The van der Waals surface area contributed by atoms with E-state index in [0.29, 0.717) is 29.3 Å². The van der Waals surface area contributed by atoms with Crippen LogP contribution in [0.3, 0.4) is 0 Å². The van der Waals surface area contributed by atoms with Gasteiger partial charge in [-0.05, 0) is 17.5 Å². The van der Waals surface area contributed by atoms with Crippen molar-refractivity contribution < 1.29 is 33.7 Å². The second-order valence-corrected chi connectivity index (χ2v) is 11.4. The first-order valence-corrected chi connectivity index (χ1v) is 13.4. The maximum Gasteiger partial charge on any atom is 0.359 e. The third-order valence-electron chi connectivity index (χ3n) is 5.77. The Balaban J connectivity index is 1.53. The maximum absolute atomic E-state index is 12.5. The van der Waals surface area contributed by atoms with Crippen molar-refractivity contribution in [3.05, 3.63) is 17.3 Å². The normalized spacial score (nSPS) is 22.1. The first-order chi connectivity index (χ1) is 17.5. The van der Waals surface area contributed by atoms with Crippen LogP contribution in [0.5, 0.6) is 0 Å². The summed E-state index contributed by atoms with van der Waals surface area (Å²) in [5.74, 6) is 0.903. The number of ether oxygens (including phenoxy) is 3. The van der Waals surface area contributed by atoms with Gasteiger partial charge in [0.25, 0.3) is 0 Å². The molecule has 0 amide bonds. The molecule has 5 N–H and O–H groups in total. The number of aliphatic hydroxyl groups is 1. The molecule has 204 valence electrons. The van der Waals surface area contributed by atoms with Crippen LogP contribution in [0, 0.1) is 5.92 Å². The number of halogens is 1. The van der Waals surface area contributed by atoms with Crippen molar-refractivity contribution in [2.24, 2.45) is 5.92 Å². The van der Waals surface area contributed by atoms with Crippen molar-refractivity contribution in [3.8, 4) is 0 Å². The Morgan fingerprint density at radius 1 is 1.41 bits per heavy atom. The lowest BCUT2D eigenvalue weighted by Gasteiger charge is -2.33. The third kappa shape index (κ3) is 6.07. The molecule has 1 saturated heterocycles. The zero-order valence-corrected chi connectivity index (χ0v) is 22.0. The van der Waals surface area contributed by atoms with E-state index >= 15 is 0 Å². The van der Waals surface area contributed by atoms with Crippen LogP contribution in [0.25, 0.3) is 11.0 Å². The number of tetrazole rings is 1. The second kappa shape index (κ2) is 11.2. The molecule has 0 aliphatic carbocycles. The highest BCUT2D eigenvalue weighted by molar-refractivity contribution is 7.53. The first kappa shape index (κ1) is 27.7. The van der Waals surface area contributed by atoms with Crippen molar-refractivity contribution in [2.45, 2.75) is 50.5 Å². The van der Waals surface area contributed by atoms with Gasteiger partial charge in [-0.2, -0.15) is 20.3 Å². The number of hydrogen-bond donors (Lipinski definition) is 5. The molecule has 0 unspecified atom stereocenters. The number of aromatic nitrogens is 8. The number of nitrogens with one attached hydrogen (secondary N) is 2. The zero-order valence-electron chi connectivity index (χ0n) is 20.4. The van der Waals surface area contributed by atoms with Gasteiger partial charge >= 0.3 is 7.60 Å². The zero-order chi connectivity index (χ0) is 26.8. The molecule has 0 spiro atoms. The Morgan fingerprint density at radius 3 is 2.84 bits per heavy atom. The van der Waals surface area contributed by atoms with Crippen molar-refractivity contribution in [1.29, 1.82) is 0 Å². The standard InChI is InChI=1S/C19H29ClN9O7P/c1-10(2)6-21-15-12-7-22-29(16(12)24-18(20)23-15)17-13(30)4-11(36-17)8-35-19(9-34-3,37(31,32)33)5-14-25-27-28-26-14/h7,10-11,13,17,30H,4-6,8-9H2,1-3H3,(H,21,23,24)(H2,31,32,33)(H,25,26,27,28)/t11-,13+,17+,19+/m0/s1. The highest BCUT2D eigenvalue weighted by Crippen LogP contribution is 2.53. The summed E-state index contributed by atoms with van der Waals surface area (Å²) < 4.78 is 30.7. The largest absolute Gasteiger partial charge is 0.388 e. The summed E-state index contributed by atoms with van der Waals surface area (Å²) >= 11 is 6.14. The molecule has 3 aromatic rings. The van der Waals surface area contributed by atoms with Crippen molar-refractivity contribution >= 4 is 36.0 Å². The van der Waals surface area contributed by atoms with Crippen LogP contribution in [-0.2, 0) is 25.2 Å². The molecule has 3 aromatic heterocycles. The summed E-state index contributed by atoms with van der Waals surface area (Å²) in [6.07, 6.45) is -1.40. The number of aliphatic hydroxyl groups excluding tert-OH is 1. The molecule has 0 bridgehead atoms. The molecular formula is C19H29ClN9O7P. The Labute approximate surface area is 216 Å². The quantitative estimate of drug-likeness (QED) is 0.150. The lowest BCUT2D eigenvalue weighted by atomic mass is 10.2. The van der Waals surface area contributed by atoms with E-state index in [2.05, 4.69) is 54.9 Å². The van der Waals surface area contributed by atoms with Crippen LogP contribution in [0.1, 0.15) is 32.3 Å². The Kier molecular flexibility index (Phi) is 8.40. The fourth-order valence-corrected chi connectivity index (χ4v) is 5.02. The smallest absolute Gasteiger partial charge is 0.359 e. The second-order valence-electron chi connectivity index (χ2n) is 9.13. The van der Waals surface area contributed by atoms with Gasteiger partial charge in [-0.15, -0.1) is 10.2 Å². The number of hydrogen-bond acceptors (Lipinski definition) is 12. The average molecular weight is 562 g/mol. The monoisotopic (exact) mass is 561 g/mol. The van der Waals surface area contributed by atoms with Crippen molar-refractivity contribution in [2.75, 3.05) is 32.2 Å². The molecular weight excluding hydrogens is 533 g/mol. The van der Waals surface area contributed by atoms with Gasteiger partial charge in [0.2, 0.25) is 5.28 Å². The van der Waals surface area contributed by atoms with E-state index in [4.69, 9.17) is 25.8 Å². The molecule has 1 fully saturated rings. The number of H-pyrrole nitrogens is 1. The first-order valence-electron chi connectivity index (χ1n) is 11.4. The van der Waals surface area contributed by atoms with E-state index in [1.165, 1.54) is 11.8 Å². The number of anilines is 1. The lowest BCUT2D eigenvalue weighted by molar-refractivity contribution is -0.105. The van der Waals surface area contributed by atoms with Gasteiger partial charge in [-0.1, -0.05) is 19.1 Å². The lowest BCUT2D eigenvalue weighted by Crippen LogP contribution is -2.42. The number of methoxy groups -OCH3 is 1. The molecule has 4 heterocycles. The van der Waals surface area contributed by atoms with E-state index in [0.717, 1.165) is 0 Å². The Bertz CT molecular complexity index is 1240. The van der Waals surface area contributed by atoms with Crippen molar-refractivity contribution in [1.82, 2.24) is 40.4 Å². The summed E-state index contributed by atoms with van der Waals surface area (Å²) in [4.78, 5) is 28.7. The number of nitrogens with zero attached hydrogens (tertiary/aromatic N) is 7. The maximum atomic E-state index is 12.5. The van der Waals surface area contributed by atoms with Gasteiger partial charge < -0.3 is 34.4 Å². The van der Waals surface area contributed by atoms with E-state index < -0.39 is 38.0 Å². The highest BCUT2D eigenvalue weighted by atomic mass is 35.5. The number of rotatable bonds is 12. The molecule has 1 aliphatic rings. The molecule has 1 aliphatic heterocycles. The van der Waals surface area contributed by atoms with Crippen LogP contribution in [0.15, 0.2) is 6.20 Å². The van der Waals surface area contributed by atoms with Gasteiger partial charge in [0.15, 0.2) is 23.0 Å². The molecule has 18 heteroatoms. The van der Waals surface area contributed by atoms with E-state index in [1.54, 1.807) is 6.20 Å². The SMILES string of the molecule is COC[C@](Cc1nn[nH]n1)(OC[C@@H]1C[C@@H](O)[C@H](n2ncc3c(NCC(C)C)nc(Cl)nc32)O1)P(=O)(O)O. The van der Waals surface area contributed by atoms with Crippen molar-refractivity contribution in [3.63, 3.8) is 0 Å². The number of fused-ring (bicyclic) bond motifs is 1. The minimum absolute atomic E-state index is 0.000310. The topological polar surface area (TPSA) is 216 Å². The Morgan fingerprint density at radius 2 is 2.19 bits per heavy atom. The van der Waals surface area contributed by atoms with E-state index in [1.807, 2.05) is 0 Å². The van der Waals surface area contributed by atoms with E-state index in [9.17, 15) is 19.5 Å². The van der Waals surface area contributed by atoms with Gasteiger partial charge in [-0.25, -0.2) is 4.68 Å². The van der Waals surface area contributed by atoms with Gasteiger partial charge in [-0.3, -0.25) is 4.57 Å². The minimum Gasteiger partial charge on any atom is -0.388 e. The third-order valence-corrected chi connectivity index (χ3v) is 7.42. The van der Waals surface area contributed by atoms with Crippen LogP contribution < -0.4 is 5.32 Å². The summed E-state index contributed by atoms with van der Waals surface area (Å²) in [6.45, 7) is 4.04. The predicted octanol–water partition coefficient (Wildman–Crippen LogP) is 0.489. The molecule has 16 nitrogen and oxygen atoms in total. The van der Waals surface area contributed by atoms with Gasteiger partial charge in [0.1, 0.15) is 11.9 Å².